The third-order valence-electron chi connectivity index (χ3n) is 3.53. The highest BCUT2D eigenvalue weighted by Crippen LogP contribution is 2.22. The summed E-state index contributed by atoms with van der Waals surface area (Å²) >= 11 is 1.58. The summed E-state index contributed by atoms with van der Waals surface area (Å²) in [6.07, 6.45) is 1.88. The molecule has 1 unspecified atom stereocenters. The zero-order valence-electron chi connectivity index (χ0n) is 13.6. The number of aryl methyl sites for hydroxylation is 1. The number of methoxy groups -OCH3 is 1. The summed E-state index contributed by atoms with van der Waals surface area (Å²) in [5.41, 5.74) is 1.26. The number of amides is 1. The maximum Gasteiger partial charge on any atom is 0.233 e. The largest absolute Gasteiger partial charge is 0.497 e. The first-order valence-electron chi connectivity index (χ1n) is 7.81. The van der Waals surface area contributed by atoms with Crippen molar-refractivity contribution in [2.24, 2.45) is 0 Å². The number of hydrogen-bond donors (Lipinski definition) is 1. The Morgan fingerprint density at radius 2 is 1.83 bits per heavy atom. The summed E-state index contributed by atoms with van der Waals surface area (Å²) in [6, 6.07) is 18.1. The molecular formula is C19H23NO2S. The molecule has 4 heteroatoms. The molecule has 3 nitrogen and oxygen atoms in total. The molecule has 0 aliphatic rings. The number of thioether (sulfide) groups is 1. The fourth-order valence-electron chi connectivity index (χ4n) is 2.20. The van der Waals surface area contributed by atoms with Gasteiger partial charge in [0.2, 0.25) is 5.91 Å². The monoisotopic (exact) mass is 329 g/mol. The van der Waals surface area contributed by atoms with Crippen LogP contribution in [0.25, 0.3) is 0 Å². The van der Waals surface area contributed by atoms with Crippen LogP contribution in [0.2, 0.25) is 0 Å². The smallest absolute Gasteiger partial charge is 0.233 e. The minimum absolute atomic E-state index is 0.0848. The Morgan fingerprint density at radius 3 is 2.48 bits per heavy atom. The number of nitrogens with one attached hydrogen (secondary N) is 1. The zero-order valence-corrected chi connectivity index (χ0v) is 14.4. The molecule has 1 amide bonds. The van der Waals surface area contributed by atoms with E-state index < -0.39 is 0 Å². The normalized spacial score (nSPS) is 11.7. The van der Waals surface area contributed by atoms with Crippen LogP contribution < -0.4 is 10.1 Å². The lowest BCUT2D eigenvalue weighted by Gasteiger charge is -2.12. The lowest BCUT2D eigenvalue weighted by atomic mass is 10.1. The van der Waals surface area contributed by atoms with E-state index in [1.54, 1.807) is 18.9 Å². The van der Waals surface area contributed by atoms with E-state index in [4.69, 9.17) is 4.74 Å². The molecule has 0 aromatic heterocycles. The second-order valence-corrected chi connectivity index (χ2v) is 6.73. The van der Waals surface area contributed by atoms with Crippen molar-refractivity contribution in [3.63, 3.8) is 0 Å². The van der Waals surface area contributed by atoms with E-state index in [1.807, 2.05) is 49.4 Å². The average molecular weight is 329 g/mol. The van der Waals surface area contributed by atoms with Crippen molar-refractivity contribution in [2.75, 3.05) is 13.7 Å². The van der Waals surface area contributed by atoms with Crippen LogP contribution in [0.3, 0.4) is 0 Å². The first-order chi connectivity index (χ1) is 11.2. The van der Waals surface area contributed by atoms with Crippen molar-refractivity contribution in [1.82, 2.24) is 5.32 Å². The molecule has 2 rings (SSSR count). The van der Waals surface area contributed by atoms with Crippen LogP contribution in [0.4, 0.5) is 0 Å². The number of rotatable bonds is 8. The van der Waals surface area contributed by atoms with Crippen LogP contribution in [-0.2, 0) is 11.2 Å². The van der Waals surface area contributed by atoms with Gasteiger partial charge in [0, 0.05) is 11.4 Å². The summed E-state index contributed by atoms with van der Waals surface area (Å²) in [5, 5.41) is 2.93. The minimum atomic E-state index is -0.0848. The maximum absolute atomic E-state index is 12.1. The molecule has 122 valence electrons. The van der Waals surface area contributed by atoms with E-state index in [9.17, 15) is 4.79 Å². The second kappa shape index (κ2) is 9.26. The second-order valence-electron chi connectivity index (χ2n) is 5.32. The highest BCUT2D eigenvalue weighted by atomic mass is 32.2. The standard InChI is InChI=1S/C19H23NO2S/c1-15(23-18-8-4-3-5-9-18)19(21)20-14-6-7-16-10-12-17(22-2)13-11-16/h3-5,8-13,15H,6-7,14H2,1-2H3,(H,20,21). The summed E-state index contributed by atoms with van der Waals surface area (Å²) in [4.78, 5) is 13.2. The molecule has 0 heterocycles. The van der Waals surface area contributed by atoms with E-state index in [0.29, 0.717) is 6.54 Å². The van der Waals surface area contributed by atoms with Gasteiger partial charge in [0.05, 0.1) is 12.4 Å². The molecule has 0 fully saturated rings. The number of benzene rings is 2. The van der Waals surface area contributed by atoms with Gasteiger partial charge in [0.15, 0.2) is 0 Å². The number of ether oxygens (including phenoxy) is 1. The molecule has 0 saturated heterocycles. The Hall–Kier alpha value is -1.94. The van der Waals surface area contributed by atoms with Crippen molar-refractivity contribution >= 4 is 17.7 Å². The Balaban J connectivity index is 1.67. The van der Waals surface area contributed by atoms with Gasteiger partial charge in [-0.2, -0.15) is 0 Å². The van der Waals surface area contributed by atoms with Crippen molar-refractivity contribution in [3.8, 4) is 5.75 Å². The fourth-order valence-corrected chi connectivity index (χ4v) is 3.11. The Kier molecular flexibility index (Phi) is 7.01. The van der Waals surface area contributed by atoms with E-state index in [2.05, 4.69) is 17.4 Å². The quantitative estimate of drug-likeness (QED) is 0.589. The van der Waals surface area contributed by atoms with E-state index >= 15 is 0 Å². The molecule has 0 aliphatic carbocycles. The van der Waals surface area contributed by atoms with Gasteiger partial charge in [-0.1, -0.05) is 30.3 Å². The highest BCUT2D eigenvalue weighted by Gasteiger charge is 2.13. The van der Waals surface area contributed by atoms with Crippen molar-refractivity contribution in [2.45, 2.75) is 29.9 Å². The number of carbonyl (C=O) groups is 1. The predicted molar refractivity (Wildman–Crippen MR) is 96.1 cm³/mol. The molecule has 2 aromatic rings. The maximum atomic E-state index is 12.1. The van der Waals surface area contributed by atoms with Gasteiger partial charge in [0.25, 0.3) is 0 Å². The first kappa shape index (κ1) is 17.4. The van der Waals surface area contributed by atoms with Gasteiger partial charge < -0.3 is 10.1 Å². The fraction of sp³-hybridized carbons (Fsp3) is 0.316. The van der Waals surface area contributed by atoms with Gasteiger partial charge >= 0.3 is 0 Å². The van der Waals surface area contributed by atoms with Crippen molar-refractivity contribution < 1.29 is 9.53 Å². The molecule has 0 bridgehead atoms. The third kappa shape index (κ3) is 5.99. The number of carbonyl (C=O) groups excluding carboxylic acids is 1. The van der Waals surface area contributed by atoms with Crippen LogP contribution in [0, 0.1) is 0 Å². The van der Waals surface area contributed by atoms with Crippen molar-refractivity contribution in [1.29, 1.82) is 0 Å². The van der Waals surface area contributed by atoms with Gasteiger partial charge in [-0.15, -0.1) is 11.8 Å². The molecule has 23 heavy (non-hydrogen) atoms. The third-order valence-corrected chi connectivity index (χ3v) is 4.64. The van der Waals surface area contributed by atoms with Crippen LogP contribution in [0.15, 0.2) is 59.5 Å². The molecule has 1 atom stereocenters. The average Bonchev–Trinajstić information content (AvgIpc) is 2.60. The van der Waals surface area contributed by atoms with E-state index in [-0.39, 0.29) is 11.2 Å². The molecular weight excluding hydrogens is 306 g/mol. The van der Waals surface area contributed by atoms with Gasteiger partial charge in [-0.25, -0.2) is 0 Å². The van der Waals surface area contributed by atoms with Crippen LogP contribution in [0.1, 0.15) is 18.9 Å². The Morgan fingerprint density at radius 1 is 1.13 bits per heavy atom. The molecule has 0 radical (unpaired) electrons. The zero-order chi connectivity index (χ0) is 16.5. The Bertz CT molecular complexity index is 599. The summed E-state index contributed by atoms with van der Waals surface area (Å²) < 4.78 is 5.14. The first-order valence-corrected chi connectivity index (χ1v) is 8.69. The lowest BCUT2D eigenvalue weighted by Crippen LogP contribution is -2.31. The number of hydrogen-bond acceptors (Lipinski definition) is 3. The van der Waals surface area contributed by atoms with E-state index in [1.165, 1.54) is 5.56 Å². The van der Waals surface area contributed by atoms with Crippen LogP contribution >= 0.6 is 11.8 Å². The molecule has 0 spiro atoms. The summed E-state index contributed by atoms with van der Waals surface area (Å²) in [7, 11) is 1.67. The topological polar surface area (TPSA) is 38.3 Å². The van der Waals surface area contributed by atoms with Gasteiger partial charge in [-0.05, 0) is 49.6 Å². The molecule has 1 N–H and O–H groups in total. The predicted octanol–water partition coefficient (Wildman–Crippen LogP) is 3.92. The Labute approximate surface area is 142 Å². The van der Waals surface area contributed by atoms with E-state index in [0.717, 1.165) is 23.5 Å². The van der Waals surface area contributed by atoms with Crippen LogP contribution in [0.5, 0.6) is 5.75 Å². The minimum Gasteiger partial charge on any atom is -0.497 e. The summed E-state index contributed by atoms with van der Waals surface area (Å²) in [6.45, 7) is 2.64. The van der Waals surface area contributed by atoms with Crippen molar-refractivity contribution in [3.05, 3.63) is 60.2 Å². The SMILES string of the molecule is COc1ccc(CCCNC(=O)C(C)Sc2ccccc2)cc1. The van der Waals surface area contributed by atoms with Gasteiger partial charge in [0.1, 0.15) is 5.75 Å². The summed E-state index contributed by atoms with van der Waals surface area (Å²) in [5.74, 6) is 0.961. The highest BCUT2D eigenvalue weighted by molar-refractivity contribution is 8.00. The molecule has 0 aliphatic heterocycles. The molecule has 2 aromatic carbocycles. The lowest BCUT2D eigenvalue weighted by molar-refractivity contribution is -0.120. The van der Waals surface area contributed by atoms with Gasteiger partial charge in [-0.3, -0.25) is 4.79 Å². The molecule has 0 saturated carbocycles. The van der Waals surface area contributed by atoms with Crippen LogP contribution in [-0.4, -0.2) is 24.8 Å².